The minimum atomic E-state index is -0.654. The minimum absolute atomic E-state index is 0.0442. The van der Waals surface area contributed by atoms with Gasteiger partial charge in [0.2, 0.25) is 5.91 Å². The van der Waals surface area contributed by atoms with E-state index in [1.54, 1.807) is 12.1 Å². The zero-order valence-corrected chi connectivity index (χ0v) is 17.8. The number of carbonyl (C=O) groups excluding carboxylic acids is 3. The minimum Gasteiger partial charge on any atom is -0.496 e. The third kappa shape index (κ3) is 4.92. The third-order valence-corrected chi connectivity index (χ3v) is 5.58. The summed E-state index contributed by atoms with van der Waals surface area (Å²) in [5.74, 6) is -0.858. The number of rotatable bonds is 6. The maximum absolute atomic E-state index is 12.7. The number of amides is 3. The molecule has 0 radical (unpaired) electrons. The number of carbonyl (C=O) groups is 3. The number of ether oxygens (including phenoxy) is 1. The topological polar surface area (TPSA) is 119 Å². The Labute approximate surface area is 182 Å². The van der Waals surface area contributed by atoms with Crippen molar-refractivity contribution in [1.29, 1.82) is 0 Å². The van der Waals surface area contributed by atoms with Crippen LogP contribution in [0, 0.1) is 24.0 Å². The van der Waals surface area contributed by atoms with Crippen molar-refractivity contribution in [3.8, 4) is 5.75 Å². The summed E-state index contributed by atoms with van der Waals surface area (Å²) >= 11 is 0.656. The van der Waals surface area contributed by atoms with Crippen molar-refractivity contribution in [3.05, 3.63) is 68.1 Å². The number of imide groups is 1. The number of benzene rings is 2. The molecule has 1 aliphatic heterocycles. The monoisotopic (exact) mass is 441 g/mol. The highest BCUT2D eigenvalue weighted by atomic mass is 32.2. The van der Waals surface area contributed by atoms with Gasteiger partial charge in [-0.2, -0.15) is 0 Å². The van der Waals surface area contributed by atoms with Gasteiger partial charge in [0.05, 0.1) is 16.9 Å². The van der Waals surface area contributed by atoms with Crippen LogP contribution in [0.3, 0.4) is 0 Å². The zero-order chi connectivity index (χ0) is 22.7. The molecule has 0 atom stereocenters. The Hall–Kier alpha value is -3.66. The summed E-state index contributed by atoms with van der Waals surface area (Å²) in [6, 6.07) is 9.34. The van der Waals surface area contributed by atoms with Crippen LogP contribution < -0.4 is 10.1 Å². The number of nitrogens with one attached hydrogen (secondary N) is 1. The van der Waals surface area contributed by atoms with Gasteiger partial charge in [0.15, 0.2) is 0 Å². The van der Waals surface area contributed by atoms with Crippen molar-refractivity contribution in [2.24, 2.45) is 0 Å². The van der Waals surface area contributed by atoms with E-state index >= 15 is 0 Å². The summed E-state index contributed by atoms with van der Waals surface area (Å²) in [7, 11) is 1.39. The smallest absolute Gasteiger partial charge is 0.294 e. The first-order valence-electron chi connectivity index (χ1n) is 9.14. The molecule has 1 heterocycles. The Morgan fingerprint density at radius 1 is 1.19 bits per heavy atom. The molecular formula is C21H19N3O6S. The summed E-state index contributed by atoms with van der Waals surface area (Å²) in [6.07, 6.45) is 1.35. The maximum atomic E-state index is 12.7. The zero-order valence-electron chi connectivity index (χ0n) is 17.0. The SMILES string of the molecule is COc1ccc([N+](=O)[O-])cc1/C=C1/SC(=O)N(CC(=O)Nc2ccc(C)c(C)c2)C1=O. The lowest BCUT2D eigenvalue weighted by molar-refractivity contribution is -0.384. The van der Waals surface area contributed by atoms with Crippen molar-refractivity contribution in [1.82, 2.24) is 4.90 Å². The van der Waals surface area contributed by atoms with Gasteiger partial charge >= 0.3 is 0 Å². The number of methoxy groups -OCH3 is 1. The fourth-order valence-corrected chi connectivity index (χ4v) is 3.72. The van der Waals surface area contributed by atoms with Gasteiger partial charge in [-0.3, -0.25) is 29.4 Å². The first-order chi connectivity index (χ1) is 14.7. The summed E-state index contributed by atoms with van der Waals surface area (Å²) in [6.45, 7) is 3.42. The predicted octanol–water partition coefficient (Wildman–Crippen LogP) is 3.90. The number of thioether (sulfide) groups is 1. The van der Waals surface area contributed by atoms with Gasteiger partial charge in [0.1, 0.15) is 12.3 Å². The third-order valence-electron chi connectivity index (χ3n) is 4.68. The van der Waals surface area contributed by atoms with Gasteiger partial charge < -0.3 is 10.1 Å². The van der Waals surface area contributed by atoms with Crippen molar-refractivity contribution >= 4 is 46.3 Å². The van der Waals surface area contributed by atoms with Gasteiger partial charge in [-0.1, -0.05) is 6.07 Å². The van der Waals surface area contributed by atoms with Crippen molar-refractivity contribution in [3.63, 3.8) is 0 Å². The molecule has 0 spiro atoms. The number of aryl methyl sites for hydroxylation is 2. The number of hydrogen-bond acceptors (Lipinski definition) is 7. The number of hydrogen-bond donors (Lipinski definition) is 1. The lowest BCUT2D eigenvalue weighted by Crippen LogP contribution is -2.36. The molecule has 31 heavy (non-hydrogen) atoms. The number of nitro groups is 1. The second-order valence-corrected chi connectivity index (χ2v) is 7.79. The van der Waals surface area contributed by atoms with E-state index in [1.807, 2.05) is 19.9 Å². The Morgan fingerprint density at radius 2 is 1.94 bits per heavy atom. The molecule has 0 saturated carbocycles. The maximum Gasteiger partial charge on any atom is 0.294 e. The molecule has 3 rings (SSSR count). The number of non-ortho nitro benzene ring substituents is 1. The normalized spacial score (nSPS) is 14.8. The number of nitro benzene ring substituents is 1. The Balaban J connectivity index is 1.77. The second-order valence-electron chi connectivity index (χ2n) is 6.80. The van der Waals surface area contributed by atoms with Crippen molar-refractivity contribution in [2.75, 3.05) is 19.0 Å². The molecule has 2 aromatic carbocycles. The highest BCUT2D eigenvalue weighted by Crippen LogP contribution is 2.35. The largest absolute Gasteiger partial charge is 0.496 e. The Kier molecular flexibility index (Phi) is 6.40. The standard InChI is InChI=1S/C21H19N3O6S/c1-12-4-5-15(8-13(12)2)22-19(25)11-23-20(26)18(31-21(23)27)10-14-9-16(24(28)29)6-7-17(14)30-3/h4-10H,11H2,1-3H3,(H,22,25)/b18-10+. The van der Waals surface area contributed by atoms with Crippen LogP contribution in [0.15, 0.2) is 41.3 Å². The van der Waals surface area contributed by atoms with E-state index in [1.165, 1.54) is 31.4 Å². The molecule has 160 valence electrons. The number of nitrogens with zero attached hydrogens (tertiary/aromatic N) is 2. The molecule has 1 fully saturated rings. The molecule has 1 saturated heterocycles. The van der Waals surface area contributed by atoms with Crippen molar-refractivity contribution < 1.29 is 24.0 Å². The average molecular weight is 441 g/mol. The molecule has 2 aromatic rings. The molecule has 0 aliphatic carbocycles. The molecule has 0 unspecified atom stereocenters. The summed E-state index contributed by atoms with van der Waals surface area (Å²) in [5, 5.41) is 13.1. The summed E-state index contributed by atoms with van der Waals surface area (Å²) < 4.78 is 5.18. The summed E-state index contributed by atoms with van der Waals surface area (Å²) in [4.78, 5) is 48.7. The van der Waals surface area contributed by atoms with Crippen molar-refractivity contribution in [2.45, 2.75) is 13.8 Å². The van der Waals surface area contributed by atoms with Crippen LogP contribution in [0.1, 0.15) is 16.7 Å². The average Bonchev–Trinajstić information content (AvgIpc) is 2.98. The lowest BCUT2D eigenvalue weighted by atomic mass is 10.1. The lowest BCUT2D eigenvalue weighted by Gasteiger charge is -2.13. The van der Waals surface area contributed by atoms with Gasteiger partial charge in [-0.25, -0.2) is 0 Å². The quantitative estimate of drug-likeness (QED) is 0.410. The van der Waals surface area contributed by atoms with Crippen LogP contribution in [-0.4, -0.2) is 40.5 Å². The first kappa shape index (κ1) is 22.0. The van der Waals surface area contributed by atoms with E-state index in [4.69, 9.17) is 4.74 Å². The van der Waals surface area contributed by atoms with Crippen LogP contribution in [-0.2, 0) is 9.59 Å². The molecule has 3 amide bonds. The van der Waals surface area contributed by atoms with Gasteiger partial charge in [-0.05, 0) is 61.0 Å². The fourth-order valence-electron chi connectivity index (χ4n) is 2.89. The van der Waals surface area contributed by atoms with E-state index in [9.17, 15) is 24.5 Å². The Morgan fingerprint density at radius 3 is 2.58 bits per heavy atom. The molecule has 10 heteroatoms. The molecule has 0 bridgehead atoms. The van der Waals surface area contributed by atoms with E-state index < -0.39 is 28.5 Å². The highest BCUT2D eigenvalue weighted by Gasteiger charge is 2.36. The van der Waals surface area contributed by atoms with E-state index in [0.717, 1.165) is 16.0 Å². The fraction of sp³-hybridized carbons (Fsp3) is 0.190. The van der Waals surface area contributed by atoms with Gasteiger partial charge in [0.25, 0.3) is 16.8 Å². The van der Waals surface area contributed by atoms with Crippen LogP contribution in [0.2, 0.25) is 0 Å². The predicted molar refractivity (Wildman–Crippen MR) is 117 cm³/mol. The second kappa shape index (κ2) is 9.00. The molecule has 9 nitrogen and oxygen atoms in total. The van der Waals surface area contributed by atoms with E-state index in [2.05, 4.69) is 5.32 Å². The van der Waals surface area contributed by atoms with Crippen LogP contribution in [0.4, 0.5) is 16.2 Å². The Bertz CT molecular complexity index is 1130. The molecule has 0 aromatic heterocycles. The number of anilines is 1. The van der Waals surface area contributed by atoms with E-state index in [-0.39, 0.29) is 16.2 Å². The molecular weight excluding hydrogens is 422 g/mol. The van der Waals surface area contributed by atoms with Crippen LogP contribution >= 0.6 is 11.8 Å². The van der Waals surface area contributed by atoms with Gasteiger partial charge in [-0.15, -0.1) is 0 Å². The van der Waals surface area contributed by atoms with Crippen LogP contribution in [0.5, 0.6) is 5.75 Å². The highest BCUT2D eigenvalue weighted by molar-refractivity contribution is 8.18. The molecule has 1 aliphatic rings. The van der Waals surface area contributed by atoms with Crippen LogP contribution in [0.25, 0.3) is 6.08 Å². The van der Waals surface area contributed by atoms with Gasteiger partial charge in [0, 0.05) is 23.4 Å². The first-order valence-corrected chi connectivity index (χ1v) is 9.96. The molecule has 1 N–H and O–H groups in total. The van der Waals surface area contributed by atoms with E-state index in [0.29, 0.717) is 23.2 Å². The summed E-state index contributed by atoms with van der Waals surface area (Å²) in [5.41, 5.74) is 2.74.